The van der Waals surface area contributed by atoms with Crippen LogP contribution >= 0.6 is 11.3 Å². The van der Waals surface area contributed by atoms with Crippen LogP contribution in [0.3, 0.4) is 0 Å². The Kier molecular flexibility index (Phi) is 7.54. The van der Waals surface area contributed by atoms with Crippen molar-refractivity contribution in [3.63, 3.8) is 0 Å². The Balaban J connectivity index is 1.33. The van der Waals surface area contributed by atoms with Crippen molar-refractivity contribution < 1.29 is 14.4 Å². The monoisotopic (exact) mass is 477 g/mol. The average molecular weight is 478 g/mol. The fourth-order valence-electron chi connectivity index (χ4n) is 3.77. The van der Waals surface area contributed by atoms with Gasteiger partial charge in [-0.1, -0.05) is 24.3 Å². The molecule has 0 spiro atoms. The zero-order valence-corrected chi connectivity index (χ0v) is 19.8. The molecule has 0 aliphatic carbocycles. The summed E-state index contributed by atoms with van der Waals surface area (Å²) in [6.45, 7) is 3.97. The number of amides is 3. The first-order valence-electron chi connectivity index (χ1n) is 11.2. The van der Waals surface area contributed by atoms with Crippen LogP contribution in [0, 0.1) is 0 Å². The molecule has 1 aliphatic rings. The van der Waals surface area contributed by atoms with Crippen molar-refractivity contribution in [3.05, 3.63) is 65.7 Å². The number of para-hydroxylation sites is 1. The Morgan fingerprint density at radius 3 is 2.44 bits per heavy atom. The van der Waals surface area contributed by atoms with Crippen LogP contribution in [-0.4, -0.2) is 70.0 Å². The van der Waals surface area contributed by atoms with Crippen molar-refractivity contribution in [1.29, 1.82) is 0 Å². The Bertz CT molecular complexity index is 1160. The molecule has 0 atom stereocenters. The Morgan fingerprint density at radius 1 is 1.03 bits per heavy atom. The number of hydrogen-bond acceptors (Lipinski definition) is 5. The fraction of sp³-hybridized carbons (Fsp3) is 0.280. The number of rotatable bonds is 7. The third-order valence-corrected chi connectivity index (χ3v) is 6.52. The second-order valence-corrected chi connectivity index (χ2v) is 8.90. The van der Waals surface area contributed by atoms with Crippen molar-refractivity contribution in [2.24, 2.45) is 0 Å². The predicted molar refractivity (Wildman–Crippen MR) is 132 cm³/mol. The summed E-state index contributed by atoms with van der Waals surface area (Å²) in [5.41, 5.74) is 2.58. The van der Waals surface area contributed by atoms with Crippen molar-refractivity contribution >= 4 is 35.1 Å². The average Bonchev–Trinajstić information content (AvgIpc) is 3.53. The highest BCUT2D eigenvalue weighted by Crippen LogP contribution is 2.28. The molecule has 1 aromatic carbocycles. The van der Waals surface area contributed by atoms with Crippen molar-refractivity contribution in [3.8, 4) is 16.3 Å². The van der Waals surface area contributed by atoms with E-state index in [-0.39, 0.29) is 30.7 Å². The van der Waals surface area contributed by atoms with Gasteiger partial charge >= 0.3 is 0 Å². The number of carbonyl (C=O) groups is 3. The molecule has 0 unspecified atom stereocenters. The largest absolute Gasteiger partial charge is 0.352 e. The lowest BCUT2D eigenvalue weighted by Gasteiger charge is -2.34. The topological polar surface area (TPSA) is 87.5 Å². The molecular weight excluding hydrogens is 450 g/mol. The standard InChI is InChI=1S/C25H27N5O3S/c1-19(31)28-13-15-29(16-14-28)24(33)11-12-26-23(32)10-9-20-18-30(21-6-3-2-4-7-21)27-25(20)22-8-5-17-34-22/h2-10,17-18H,11-16H2,1H3,(H,26,32). The Hall–Kier alpha value is -3.72. The summed E-state index contributed by atoms with van der Waals surface area (Å²) < 4.78 is 1.80. The minimum atomic E-state index is -0.265. The number of nitrogens with zero attached hydrogens (tertiary/aromatic N) is 4. The number of benzene rings is 1. The van der Waals surface area contributed by atoms with E-state index in [2.05, 4.69) is 5.32 Å². The van der Waals surface area contributed by atoms with Crippen LogP contribution < -0.4 is 5.32 Å². The fourth-order valence-corrected chi connectivity index (χ4v) is 4.50. The lowest BCUT2D eigenvalue weighted by molar-refractivity contribution is -0.138. The van der Waals surface area contributed by atoms with Gasteiger partial charge in [-0.3, -0.25) is 14.4 Å². The predicted octanol–water partition coefficient (Wildman–Crippen LogP) is 2.81. The molecule has 176 valence electrons. The third kappa shape index (κ3) is 5.79. The van der Waals surface area contributed by atoms with Gasteiger partial charge in [-0.15, -0.1) is 11.3 Å². The molecular formula is C25H27N5O3S. The molecule has 1 aliphatic heterocycles. The molecule has 1 fully saturated rings. The van der Waals surface area contributed by atoms with Gasteiger partial charge in [0, 0.05) is 63.9 Å². The zero-order chi connectivity index (χ0) is 23.9. The van der Waals surface area contributed by atoms with E-state index in [9.17, 15) is 14.4 Å². The molecule has 4 rings (SSSR count). The van der Waals surface area contributed by atoms with Gasteiger partial charge in [-0.2, -0.15) is 5.10 Å². The Labute approximate surface area is 202 Å². The molecule has 3 aromatic rings. The van der Waals surface area contributed by atoms with Crippen LogP contribution in [0.2, 0.25) is 0 Å². The highest BCUT2D eigenvalue weighted by molar-refractivity contribution is 7.13. The second-order valence-electron chi connectivity index (χ2n) is 7.95. The molecule has 3 amide bonds. The van der Waals surface area contributed by atoms with E-state index in [4.69, 9.17) is 5.10 Å². The van der Waals surface area contributed by atoms with Crippen LogP contribution in [0.25, 0.3) is 22.3 Å². The number of piperazine rings is 1. The van der Waals surface area contributed by atoms with E-state index in [0.29, 0.717) is 26.2 Å². The maximum Gasteiger partial charge on any atom is 0.244 e. The minimum Gasteiger partial charge on any atom is -0.352 e. The lowest BCUT2D eigenvalue weighted by Crippen LogP contribution is -2.50. The van der Waals surface area contributed by atoms with Gasteiger partial charge < -0.3 is 15.1 Å². The quantitative estimate of drug-likeness (QED) is 0.530. The van der Waals surface area contributed by atoms with Gasteiger partial charge in [-0.05, 0) is 29.7 Å². The van der Waals surface area contributed by atoms with E-state index < -0.39 is 0 Å². The zero-order valence-electron chi connectivity index (χ0n) is 19.0. The van der Waals surface area contributed by atoms with Crippen LogP contribution in [-0.2, 0) is 14.4 Å². The summed E-state index contributed by atoms with van der Waals surface area (Å²) >= 11 is 1.59. The molecule has 1 saturated heterocycles. The first-order chi connectivity index (χ1) is 16.5. The number of hydrogen-bond donors (Lipinski definition) is 1. The first-order valence-corrected chi connectivity index (χ1v) is 12.1. The van der Waals surface area contributed by atoms with Crippen molar-refractivity contribution in [2.45, 2.75) is 13.3 Å². The SMILES string of the molecule is CC(=O)N1CCN(C(=O)CCNC(=O)C=Cc2cn(-c3ccccc3)nc2-c2cccs2)CC1. The maximum atomic E-state index is 12.4. The van der Waals surface area contributed by atoms with Gasteiger partial charge in [-0.25, -0.2) is 4.68 Å². The smallest absolute Gasteiger partial charge is 0.244 e. The molecule has 0 saturated carbocycles. The molecule has 0 radical (unpaired) electrons. The number of nitrogens with one attached hydrogen (secondary N) is 1. The highest BCUT2D eigenvalue weighted by atomic mass is 32.1. The van der Waals surface area contributed by atoms with E-state index in [0.717, 1.165) is 21.8 Å². The summed E-state index contributed by atoms with van der Waals surface area (Å²) in [4.78, 5) is 40.7. The summed E-state index contributed by atoms with van der Waals surface area (Å²) in [5.74, 6) is -0.252. The summed E-state index contributed by atoms with van der Waals surface area (Å²) in [6.07, 6.45) is 5.35. The third-order valence-electron chi connectivity index (χ3n) is 5.65. The number of carbonyl (C=O) groups excluding carboxylic acids is 3. The summed E-state index contributed by atoms with van der Waals surface area (Å²) in [6, 6.07) is 13.8. The van der Waals surface area contributed by atoms with E-state index >= 15 is 0 Å². The van der Waals surface area contributed by atoms with Gasteiger partial charge in [0.05, 0.1) is 10.6 Å². The van der Waals surface area contributed by atoms with E-state index in [1.54, 1.807) is 31.9 Å². The van der Waals surface area contributed by atoms with Crippen molar-refractivity contribution in [1.82, 2.24) is 24.9 Å². The molecule has 9 heteroatoms. The first kappa shape index (κ1) is 23.4. The van der Waals surface area contributed by atoms with Crippen LogP contribution in [0.15, 0.2) is 60.1 Å². The maximum absolute atomic E-state index is 12.4. The second kappa shape index (κ2) is 10.9. The van der Waals surface area contributed by atoms with E-state index in [1.165, 1.54) is 13.0 Å². The minimum absolute atomic E-state index is 0.0170. The molecule has 2 aromatic heterocycles. The molecule has 1 N–H and O–H groups in total. The summed E-state index contributed by atoms with van der Waals surface area (Å²) in [5, 5.41) is 9.50. The van der Waals surface area contributed by atoms with Gasteiger partial charge in [0.2, 0.25) is 17.7 Å². The molecule has 8 nitrogen and oxygen atoms in total. The number of thiophene rings is 1. The van der Waals surface area contributed by atoms with Crippen molar-refractivity contribution in [2.75, 3.05) is 32.7 Å². The lowest BCUT2D eigenvalue weighted by atomic mass is 10.2. The van der Waals surface area contributed by atoms with Crippen LogP contribution in [0.4, 0.5) is 0 Å². The Morgan fingerprint density at radius 2 is 1.76 bits per heavy atom. The van der Waals surface area contributed by atoms with Gasteiger partial charge in [0.25, 0.3) is 0 Å². The normalized spacial score (nSPS) is 13.9. The van der Waals surface area contributed by atoms with Gasteiger partial charge in [0.15, 0.2) is 0 Å². The highest BCUT2D eigenvalue weighted by Gasteiger charge is 2.22. The van der Waals surface area contributed by atoms with Crippen LogP contribution in [0.1, 0.15) is 18.9 Å². The molecule has 34 heavy (non-hydrogen) atoms. The molecule has 0 bridgehead atoms. The van der Waals surface area contributed by atoms with E-state index in [1.807, 2.05) is 54.0 Å². The number of aromatic nitrogens is 2. The van der Waals surface area contributed by atoms with Crippen LogP contribution in [0.5, 0.6) is 0 Å². The molecule has 3 heterocycles. The van der Waals surface area contributed by atoms with Gasteiger partial charge in [0.1, 0.15) is 5.69 Å². The summed E-state index contributed by atoms with van der Waals surface area (Å²) in [7, 11) is 0.